The van der Waals surface area contributed by atoms with Crippen LogP contribution in [0.3, 0.4) is 0 Å². The van der Waals surface area contributed by atoms with E-state index in [0.717, 1.165) is 12.0 Å². The van der Waals surface area contributed by atoms with Crippen molar-refractivity contribution in [3.63, 3.8) is 0 Å². The number of hydrogen-bond donors (Lipinski definition) is 3. The van der Waals surface area contributed by atoms with Crippen LogP contribution in [0.25, 0.3) is 0 Å². The molecule has 0 unspecified atom stereocenters. The molecule has 0 aliphatic heterocycles. The molecule has 0 radical (unpaired) electrons. The zero-order valence-corrected chi connectivity index (χ0v) is 14.3. The summed E-state index contributed by atoms with van der Waals surface area (Å²) in [5.41, 5.74) is 1.52. The molecule has 0 saturated carbocycles. The summed E-state index contributed by atoms with van der Waals surface area (Å²) in [5.74, 6) is -0.0614. The van der Waals surface area contributed by atoms with Gasteiger partial charge in [-0.1, -0.05) is 26.0 Å². The van der Waals surface area contributed by atoms with Crippen LogP contribution in [0, 0.1) is 5.92 Å². The lowest BCUT2D eigenvalue weighted by atomic mass is 10.0. The van der Waals surface area contributed by atoms with E-state index in [0.29, 0.717) is 11.5 Å². The summed E-state index contributed by atoms with van der Waals surface area (Å²) in [6, 6.07) is 10.7. The number of sulfonamides is 1. The topological polar surface area (TPSA) is 99.0 Å². The van der Waals surface area contributed by atoms with Crippen molar-refractivity contribution in [2.75, 3.05) is 0 Å². The van der Waals surface area contributed by atoms with Crippen molar-refractivity contribution < 1.29 is 18.6 Å². The average Bonchev–Trinajstić information content (AvgIpc) is 2.50. The summed E-state index contributed by atoms with van der Waals surface area (Å²) in [5, 5.41) is 22.3. The predicted octanol–water partition coefficient (Wildman–Crippen LogP) is 2.61. The van der Waals surface area contributed by atoms with Gasteiger partial charge in [0.25, 0.3) is 10.0 Å². The van der Waals surface area contributed by atoms with Crippen molar-refractivity contribution >= 4 is 16.2 Å². The van der Waals surface area contributed by atoms with Gasteiger partial charge in [0.1, 0.15) is 0 Å². The van der Waals surface area contributed by atoms with Crippen LogP contribution >= 0.6 is 0 Å². The zero-order chi connectivity index (χ0) is 17.7. The van der Waals surface area contributed by atoms with Crippen molar-refractivity contribution in [1.82, 2.24) is 4.83 Å². The van der Waals surface area contributed by atoms with Gasteiger partial charge in [0.2, 0.25) is 0 Å². The van der Waals surface area contributed by atoms with Gasteiger partial charge in [0.05, 0.1) is 11.1 Å². The Labute approximate surface area is 141 Å². The van der Waals surface area contributed by atoms with Crippen LogP contribution in [0.2, 0.25) is 0 Å². The van der Waals surface area contributed by atoms with E-state index in [9.17, 15) is 18.6 Å². The van der Waals surface area contributed by atoms with Crippen LogP contribution in [-0.4, -0.2) is 24.8 Å². The number of nitrogens with zero attached hydrogens (tertiary/aromatic N) is 1. The number of aromatic hydroxyl groups is 2. The van der Waals surface area contributed by atoms with Gasteiger partial charge in [-0.3, -0.25) is 0 Å². The highest BCUT2D eigenvalue weighted by Gasteiger charge is 2.12. The molecule has 7 heteroatoms. The maximum absolute atomic E-state index is 12.2. The minimum atomic E-state index is -3.75. The Morgan fingerprint density at radius 1 is 1.08 bits per heavy atom. The molecule has 2 aromatic carbocycles. The van der Waals surface area contributed by atoms with Gasteiger partial charge in [-0.15, -0.1) is 0 Å². The minimum absolute atomic E-state index is 0.126. The van der Waals surface area contributed by atoms with Gasteiger partial charge in [0.15, 0.2) is 11.5 Å². The maximum Gasteiger partial charge on any atom is 0.276 e. The lowest BCUT2D eigenvalue weighted by molar-refractivity contribution is 0.403. The third-order valence-electron chi connectivity index (χ3n) is 3.26. The number of rotatable bonds is 6. The molecule has 3 N–H and O–H groups in total. The van der Waals surface area contributed by atoms with E-state index in [1.54, 1.807) is 24.3 Å². The molecule has 0 spiro atoms. The lowest BCUT2D eigenvalue weighted by Crippen LogP contribution is -2.18. The number of hydrazone groups is 1. The number of phenols is 2. The molecule has 24 heavy (non-hydrogen) atoms. The first kappa shape index (κ1) is 17.8. The highest BCUT2D eigenvalue weighted by Crippen LogP contribution is 2.24. The first-order chi connectivity index (χ1) is 11.3. The molecule has 0 heterocycles. The molecule has 0 aliphatic carbocycles. The van der Waals surface area contributed by atoms with E-state index in [-0.39, 0.29) is 16.4 Å². The molecule has 0 amide bonds. The smallest absolute Gasteiger partial charge is 0.276 e. The van der Waals surface area contributed by atoms with Crippen LogP contribution in [0.15, 0.2) is 52.5 Å². The van der Waals surface area contributed by atoms with E-state index in [4.69, 9.17) is 0 Å². The fourth-order valence-electron chi connectivity index (χ4n) is 2.12. The van der Waals surface area contributed by atoms with Crippen LogP contribution in [0.5, 0.6) is 11.5 Å². The molecule has 2 rings (SSSR count). The van der Waals surface area contributed by atoms with Gasteiger partial charge < -0.3 is 10.2 Å². The number of phenolic OH excluding ortho intramolecular Hbond substituents is 2. The fraction of sp³-hybridized carbons (Fsp3) is 0.235. The highest BCUT2D eigenvalue weighted by atomic mass is 32.2. The average molecular weight is 348 g/mol. The first-order valence-electron chi connectivity index (χ1n) is 7.44. The molecular weight excluding hydrogens is 328 g/mol. The van der Waals surface area contributed by atoms with E-state index < -0.39 is 10.0 Å². The maximum atomic E-state index is 12.2. The van der Waals surface area contributed by atoms with Gasteiger partial charge >= 0.3 is 0 Å². The summed E-state index contributed by atoms with van der Waals surface area (Å²) in [6.07, 6.45) is 2.13. The molecule has 0 saturated heterocycles. The quantitative estimate of drug-likeness (QED) is 0.424. The number of nitrogens with one attached hydrogen (secondary N) is 1. The van der Waals surface area contributed by atoms with E-state index in [1.807, 2.05) is 0 Å². The fourth-order valence-corrected chi connectivity index (χ4v) is 2.91. The Morgan fingerprint density at radius 2 is 1.75 bits per heavy atom. The van der Waals surface area contributed by atoms with E-state index in [2.05, 4.69) is 23.8 Å². The highest BCUT2D eigenvalue weighted by molar-refractivity contribution is 7.89. The first-order valence-corrected chi connectivity index (χ1v) is 8.92. The summed E-state index contributed by atoms with van der Waals surface area (Å²) in [6.45, 7) is 4.20. The Bertz CT molecular complexity index is 828. The molecular formula is C17H20N2O4S. The third kappa shape index (κ3) is 4.73. The summed E-state index contributed by atoms with van der Waals surface area (Å²) in [7, 11) is -3.75. The molecule has 0 bridgehead atoms. The molecule has 0 atom stereocenters. The standard InChI is InChI=1S/C17H20N2O4S/c1-12(2)9-13-3-6-15(7-4-13)24(22,23)19-18-11-14-5-8-16(20)17(21)10-14/h3-8,10-12,19-21H,9H2,1-2H3. The Hall–Kier alpha value is -2.54. The Morgan fingerprint density at radius 3 is 2.33 bits per heavy atom. The monoisotopic (exact) mass is 348 g/mol. The molecule has 0 aliphatic rings. The molecule has 0 aromatic heterocycles. The molecule has 6 nitrogen and oxygen atoms in total. The SMILES string of the molecule is CC(C)Cc1ccc(S(=O)(=O)NN=Cc2ccc(O)c(O)c2)cc1. The van der Waals surface area contributed by atoms with E-state index >= 15 is 0 Å². The van der Waals surface area contributed by atoms with Crippen molar-refractivity contribution in [1.29, 1.82) is 0 Å². The largest absolute Gasteiger partial charge is 0.504 e. The summed E-state index contributed by atoms with van der Waals surface area (Å²) >= 11 is 0. The zero-order valence-electron chi connectivity index (χ0n) is 13.5. The normalized spacial score (nSPS) is 12.0. The Kier molecular flexibility index (Phi) is 5.46. The summed E-state index contributed by atoms with van der Waals surface area (Å²) < 4.78 is 24.3. The third-order valence-corrected chi connectivity index (χ3v) is 4.50. The Balaban J connectivity index is 2.07. The van der Waals surface area contributed by atoms with Gasteiger partial charge in [-0.05, 0) is 53.8 Å². The van der Waals surface area contributed by atoms with Gasteiger partial charge in [-0.2, -0.15) is 13.5 Å². The van der Waals surface area contributed by atoms with Gasteiger partial charge in [-0.25, -0.2) is 4.83 Å². The second kappa shape index (κ2) is 7.35. The van der Waals surface area contributed by atoms with Crippen molar-refractivity contribution in [3.8, 4) is 11.5 Å². The van der Waals surface area contributed by atoms with Crippen LogP contribution < -0.4 is 4.83 Å². The van der Waals surface area contributed by atoms with Gasteiger partial charge in [0, 0.05) is 0 Å². The van der Waals surface area contributed by atoms with E-state index in [1.165, 1.54) is 24.4 Å². The summed E-state index contributed by atoms with van der Waals surface area (Å²) in [4.78, 5) is 2.24. The lowest BCUT2D eigenvalue weighted by Gasteiger charge is -2.07. The number of hydrogen-bond acceptors (Lipinski definition) is 5. The van der Waals surface area contributed by atoms with Crippen LogP contribution in [0.4, 0.5) is 0 Å². The molecule has 0 fully saturated rings. The molecule has 128 valence electrons. The van der Waals surface area contributed by atoms with Crippen molar-refractivity contribution in [3.05, 3.63) is 53.6 Å². The van der Waals surface area contributed by atoms with Crippen LogP contribution in [0.1, 0.15) is 25.0 Å². The minimum Gasteiger partial charge on any atom is -0.504 e. The second-order valence-electron chi connectivity index (χ2n) is 5.84. The second-order valence-corrected chi connectivity index (χ2v) is 7.50. The van der Waals surface area contributed by atoms with Crippen molar-refractivity contribution in [2.45, 2.75) is 25.2 Å². The molecule has 2 aromatic rings. The van der Waals surface area contributed by atoms with Crippen molar-refractivity contribution in [2.24, 2.45) is 11.0 Å². The predicted molar refractivity (Wildman–Crippen MR) is 92.7 cm³/mol. The van der Waals surface area contributed by atoms with Crippen LogP contribution in [-0.2, 0) is 16.4 Å². The number of benzene rings is 2.